The zero-order valence-electron chi connectivity index (χ0n) is 16.2. The van der Waals surface area contributed by atoms with Gasteiger partial charge in [0.15, 0.2) is 0 Å². The molecule has 1 atom stereocenters. The van der Waals surface area contributed by atoms with Gasteiger partial charge in [0.25, 0.3) is 0 Å². The van der Waals surface area contributed by atoms with Crippen LogP contribution in [0, 0.1) is 0 Å². The predicted molar refractivity (Wildman–Crippen MR) is 111 cm³/mol. The Labute approximate surface area is 166 Å². The summed E-state index contributed by atoms with van der Waals surface area (Å²) in [6, 6.07) is 25.5. The van der Waals surface area contributed by atoms with Crippen LogP contribution < -0.4 is 4.74 Å². The van der Waals surface area contributed by atoms with Gasteiger partial charge < -0.3 is 14.7 Å². The van der Waals surface area contributed by atoms with Crippen molar-refractivity contribution < 1.29 is 14.6 Å². The van der Waals surface area contributed by atoms with Gasteiger partial charge in [0.05, 0.1) is 5.56 Å². The molecule has 3 aromatic rings. The lowest BCUT2D eigenvalue weighted by Crippen LogP contribution is -2.19. The van der Waals surface area contributed by atoms with E-state index in [-0.39, 0.29) is 5.92 Å². The van der Waals surface area contributed by atoms with E-state index >= 15 is 0 Å². The van der Waals surface area contributed by atoms with E-state index in [1.807, 2.05) is 56.6 Å². The van der Waals surface area contributed by atoms with Crippen molar-refractivity contribution in [3.8, 4) is 5.75 Å². The lowest BCUT2D eigenvalue weighted by molar-refractivity contribution is 0.0697. The monoisotopic (exact) mass is 375 g/mol. The van der Waals surface area contributed by atoms with E-state index in [9.17, 15) is 4.79 Å². The van der Waals surface area contributed by atoms with Crippen LogP contribution in [0.15, 0.2) is 78.9 Å². The fraction of sp³-hybridized carbons (Fsp3) is 0.208. The average molecular weight is 375 g/mol. The van der Waals surface area contributed by atoms with Gasteiger partial charge in [-0.3, -0.25) is 0 Å². The van der Waals surface area contributed by atoms with E-state index in [0.717, 1.165) is 29.0 Å². The van der Waals surface area contributed by atoms with Crippen molar-refractivity contribution in [1.29, 1.82) is 0 Å². The van der Waals surface area contributed by atoms with Gasteiger partial charge in [0, 0.05) is 12.5 Å². The Morgan fingerprint density at radius 3 is 1.93 bits per heavy atom. The number of nitrogens with zero attached hydrogens (tertiary/aromatic N) is 1. The number of rotatable bonds is 8. The highest BCUT2D eigenvalue weighted by Crippen LogP contribution is 2.33. The molecule has 0 fully saturated rings. The summed E-state index contributed by atoms with van der Waals surface area (Å²) in [5.74, 6) is -0.0412. The molecule has 3 aromatic carbocycles. The molecule has 144 valence electrons. The first-order chi connectivity index (χ1) is 13.5. The molecule has 0 amide bonds. The zero-order valence-corrected chi connectivity index (χ0v) is 16.2. The quantitative estimate of drug-likeness (QED) is 0.589. The number of aromatic carboxylic acids is 1. The molecule has 0 saturated heterocycles. The summed E-state index contributed by atoms with van der Waals surface area (Å²) in [7, 11) is 4.04. The van der Waals surface area contributed by atoms with E-state index in [1.54, 1.807) is 12.1 Å². The summed E-state index contributed by atoms with van der Waals surface area (Å²) in [5, 5.41) is 9.17. The number of ether oxygens (including phenoxy) is 1. The molecule has 0 spiro atoms. The Balaban J connectivity index is 1.88. The second-order valence-electron chi connectivity index (χ2n) is 6.99. The predicted octanol–water partition coefficient (Wildman–Crippen LogP) is 4.51. The Hall–Kier alpha value is -3.11. The molecule has 0 aliphatic rings. The van der Waals surface area contributed by atoms with E-state index in [2.05, 4.69) is 29.2 Å². The van der Waals surface area contributed by atoms with Gasteiger partial charge in [-0.05, 0) is 55.1 Å². The highest BCUT2D eigenvalue weighted by atomic mass is 16.5. The topological polar surface area (TPSA) is 49.8 Å². The summed E-state index contributed by atoms with van der Waals surface area (Å²) in [6.45, 7) is 1.51. The number of benzene rings is 3. The van der Waals surface area contributed by atoms with Gasteiger partial charge >= 0.3 is 5.97 Å². The van der Waals surface area contributed by atoms with Gasteiger partial charge in [0.2, 0.25) is 0 Å². The highest BCUT2D eigenvalue weighted by Gasteiger charge is 2.17. The molecule has 4 nitrogen and oxygen atoms in total. The Morgan fingerprint density at radius 1 is 0.857 bits per heavy atom. The Kier molecular flexibility index (Phi) is 6.45. The van der Waals surface area contributed by atoms with E-state index in [1.165, 1.54) is 0 Å². The van der Waals surface area contributed by atoms with Crippen LogP contribution in [0.2, 0.25) is 0 Å². The minimum absolute atomic E-state index is 0.0277. The maximum atomic E-state index is 11.2. The minimum Gasteiger partial charge on any atom is -0.492 e. The fourth-order valence-corrected chi connectivity index (χ4v) is 3.14. The summed E-state index contributed by atoms with van der Waals surface area (Å²) >= 11 is 0. The van der Waals surface area contributed by atoms with Gasteiger partial charge in [-0.1, -0.05) is 54.6 Å². The third kappa shape index (κ3) is 4.99. The first-order valence-electron chi connectivity index (χ1n) is 9.30. The number of carbonyl (C=O) groups is 1. The van der Waals surface area contributed by atoms with Crippen molar-refractivity contribution >= 4 is 5.97 Å². The van der Waals surface area contributed by atoms with Crippen LogP contribution in [0.3, 0.4) is 0 Å². The Morgan fingerprint density at radius 2 is 1.39 bits per heavy atom. The number of likely N-dealkylation sites (N-methyl/N-ethyl adjacent to an activating group) is 1. The molecule has 1 N–H and O–H groups in total. The normalized spacial score (nSPS) is 12.0. The van der Waals surface area contributed by atoms with Crippen LogP contribution in [0.4, 0.5) is 0 Å². The lowest BCUT2D eigenvalue weighted by atomic mass is 9.85. The second kappa shape index (κ2) is 9.20. The number of carboxylic acid groups (broad SMARTS) is 1. The summed E-state index contributed by atoms with van der Waals surface area (Å²) in [4.78, 5) is 13.3. The van der Waals surface area contributed by atoms with Crippen molar-refractivity contribution in [2.45, 2.75) is 5.92 Å². The second-order valence-corrected chi connectivity index (χ2v) is 6.99. The molecule has 28 heavy (non-hydrogen) atoms. The molecule has 4 heteroatoms. The van der Waals surface area contributed by atoms with Crippen LogP contribution in [-0.2, 0) is 0 Å². The van der Waals surface area contributed by atoms with Gasteiger partial charge in [-0.25, -0.2) is 4.79 Å². The summed E-state index contributed by atoms with van der Waals surface area (Å²) < 4.78 is 5.80. The molecule has 0 radical (unpaired) electrons. The zero-order chi connectivity index (χ0) is 19.9. The van der Waals surface area contributed by atoms with E-state index < -0.39 is 5.97 Å². The maximum Gasteiger partial charge on any atom is 0.335 e. The van der Waals surface area contributed by atoms with Crippen molar-refractivity contribution in [3.63, 3.8) is 0 Å². The molecular formula is C24H25NO3. The van der Waals surface area contributed by atoms with Crippen LogP contribution in [0.1, 0.15) is 33.0 Å². The molecule has 3 rings (SSSR count). The minimum atomic E-state index is -0.915. The number of hydrogen-bond donors (Lipinski definition) is 1. The standard InChI is InChI=1S/C24H25NO3/c1-25(2)16-17-28-22-14-12-20(13-15-22)23(18-6-4-3-5-7-18)19-8-10-21(11-9-19)24(26)27/h3-15,23H,16-17H2,1-2H3,(H,26,27). The molecule has 1 unspecified atom stereocenters. The SMILES string of the molecule is CN(C)CCOc1ccc(C(c2ccccc2)c2ccc(C(=O)O)cc2)cc1. The van der Waals surface area contributed by atoms with Crippen molar-refractivity contribution in [1.82, 2.24) is 4.90 Å². The third-order valence-corrected chi connectivity index (χ3v) is 4.64. The molecule has 0 aromatic heterocycles. The van der Waals surface area contributed by atoms with Crippen LogP contribution in [-0.4, -0.2) is 43.2 Å². The summed E-state index contributed by atoms with van der Waals surface area (Å²) in [6.07, 6.45) is 0. The summed E-state index contributed by atoms with van der Waals surface area (Å²) in [5.41, 5.74) is 3.64. The van der Waals surface area contributed by atoms with Crippen molar-refractivity contribution in [2.24, 2.45) is 0 Å². The average Bonchev–Trinajstić information content (AvgIpc) is 2.70. The van der Waals surface area contributed by atoms with Crippen molar-refractivity contribution in [3.05, 3.63) is 101 Å². The van der Waals surface area contributed by atoms with Gasteiger partial charge in [-0.15, -0.1) is 0 Å². The molecule has 0 aliphatic heterocycles. The van der Waals surface area contributed by atoms with E-state index in [0.29, 0.717) is 12.2 Å². The van der Waals surface area contributed by atoms with Gasteiger partial charge in [0.1, 0.15) is 12.4 Å². The maximum absolute atomic E-state index is 11.2. The van der Waals surface area contributed by atoms with Crippen LogP contribution >= 0.6 is 0 Å². The Bertz CT molecular complexity index is 887. The highest BCUT2D eigenvalue weighted by molar-refractivity contribution is 5.87. The van der Waals surface area contributed by atoms with Crippen molar-refractivity contribution in [2.75, 3.05) is 27.2 Å². The molecule has 0 saturated carbocycles. The first kappa shape index (κ1) is 19.6. The van der Waals surface area contributed by atoms with Crippen LogP contribution in [0.5, 0.6) is 5.75 Å². The first-order valence-corrected chi connectivity index (χ1v) is 9.30. The van der Waals surface area contributed by atoms with E-state index in [4.69, 9.17) is 9.84 Å². The molecule has 0 heterocycles. The molecular weight excluding hydrogens is 350 g/mol. The number of carboxylic acids is 1. The third-order valence-electron chi connectivity index (χ3n) is 4.64. The van der Waals surface area contributed by atoms with Gasteiger partial charge in [-0.2, -0.15) is 0 Å². The smallest absolute Gasteiger partial charge is 0.335 e. The van der Waals surface area contributed by atoms with Crippen LogP contribution in [0.25, 0.3) is 0 Å². The lowest BCUT2D eigenvalue weighted by Gasteiger charge is -2.19. The molecule has 0 bridgehead atoms. The largest absolute Gasteiger partial charge is 0.492 e. The number of hydrogen-bond acceptors (Lipinski definition) is 3. The molecule has 0 aliphatic carbocycles. The fourth-order valence-electron chi connectivity index (χ4n) is 3.14.